The van der Waals surface area contributed by atoms with E-state index in [1.165, 1.54) is 18.2 Å². The molecular formula is C13H11ClN4O5S. The lowest BCUT2D eigenvalue weighted by Gasteiger charge is -2.10. The summed E-state index contributed by atoms with van der Waals surface area (Å²) in [4.78, 5) is 25.5. The standard InChI is InChI=1S/C13H11ClN4O5S/c1-8-4-2-3-5-10(8)24(22,23)17-13(19)16-12-9(18(20)21)6-7-11(14)15-12/h2-7H,1H3,(H2,15,16,17,19). The first-order valence-electron chi connectivity index (χ1n) is 6.41. The summed E-state index contributed by atoms with van der Waals surface area (Å²) in [6, 6.07) is 7.06. The van der Waals surface area contributed by atoms with Crippen molar-refractivity contribution in [3.05, 3.63) is 57.2 Å². The Bertz CT molecular complexity index is 916. The van der Waals surface area contributed by atoms with Crippen molar-refractivity contribution in [3.8, 4) is 0 Å². The number of hydrogen-bond acceptors (Lipinski definition) is 6. The number of sulfonamides is 1. The van der Waals surface area contributed by atoms with Gasteiger partial charge in [0.1, 0.15) is 5.15 Å². The maximum absolute atomic E-state index is 12.2. The molecule has 9 nitrogen and oxygen atoms in total. The van der Waals surface area contributed by atoms with Gasteiger partial charge in [-0.25, -0.2) is 22.9 Å². The summed E-state index contributed by atoms with van der Waals surface area (Å²) in [6.07, 6.45) is 0. The smallest absolute Gasteiger partial charge is 0.286 e. The molecule has 0 radical (unpaired) electrons. The third-order valence-corrected chi connectivity index (χ3v) is 4.58. The second-order valence-corrected chi connectivity index (χ2v) is 6.62. The Labute approximate surface area is 141 Å². The zero-order chi connectivity index (χ0) is 17.9. The van der Waals surface area contributed by atoms with Gasteiger partial charge in [-0.05, 0) is 24.6 Å². The zero-order valence-electron chi connectivity index (χ0n) is 12.2. The molecule has 2 N–H and O–H groups in total. The van der Waals surface area contributed by atoms with Gasteiger partial charge in [0, 0.05) is 6.07 Å². The van der Waals surface area contributed by atoms with Crippen molar-refractivity contribution in [1.29, 1.82) is 0 Å². The molecule has 0 unspecified atom stereocenters. The summed E-state index contributed by atoms with van der Waals surface area (Å²) in [6.45, 7) is 1.57. The number of aryl methyl sites for hydroxylation is 1. The lowest BCUT2D eigenvalue weighted by molar-refractivity contribution is -0.384. The van der Waals surface area contributed by atoms with Gasteiger partial charge in [-0.15, -0.1) is 0 Å². The van der Waals surface area contributed by atoms with Crippen molar-refractivity contribution < 1.29 is 18.1 Å². The van der Waals surface area contributed by atoms with E-state index in [0.717, 1.165) is 6.07 Å². The number of pyridine rings is 1. The van der Waals surface area contributed by atoms with Gasteiger partial charge in [0.15, 0.2) is 0 Å². The third kappa shape index (κ3) is 3.97. The van der Waals surface area contributed by atoms with Crippen molar-refractivity contribution in [2.75, 3.05) is 5.32 Å². The molecule has 0 saturated carbocycles. The number of hydrogen-bond donors (Lipinski definition) is 2. The number of rotatable bonds is 4. The average Bonchev–Trinajstić information content (AvgIpc) is 2.46. The van der Waals surface area contributed by atoms with Crippen LogP contribution < -0.4 is 10.0 Å². The molecule has 0 aliphatic rings. The van der Waals surface area contributed by atoms with Gasteiger partial charge in [-0.1, -0.05) is 29.8 Å². The van der Waals surface area contributed by atoms with E-state index in [1.54, 1.807) is 23.8 Å². The van der Waals surface area contributed by atoms with Crippen LogP contribution in [-0.2, 0) is 10.0 Å². The maximum atomic E-state index is 12.2. The number of carbonyl (C=O) groups excluding carboxylic acids is 1. The molecule has 0 bridgehead atoms. The molecule has 24 heavy (non-hydrogen) atoms. The number of nitrogens with zero attached hydrogens (tertiary/aromatic N) is 2. The van der Waals surface area contributed by atoms with E-state index < -0.39 is 32.5 Å². The second-order valence-electron chi connectivity index (χ2n) is 4.58. The Morgan fingerprint density at radius 1 is 1.25 bits per heavy atom. The highest BCUT2D eigenvalue weighted by molar-refractivity contribution is 7.90. The fourth-order valence-corrected chi connectivity index (χ4v) is 3.14. The molecule has 11 heteroatoms. The molecule has 0 atom stereocenters. The number of urea groups is 1. The number of benzene rings is 1. The molecule has 1 heterocycles. The molecule has 1 aromatic heterocycles. The van der Waals surface area contributed by atoms with Crippen LogP contribution in [0.4, 0.5) is 16.3 Å². The van der Waals surface area contributed by atoms with Crippen LogP contribution in [0.5, 0.6) is 0 Å². The Kier molecular flexibility index (Phi) is 5.00. The van der Waals surface area contributed by atoms with E-state index in [1.807, 2.05) is 5.32 Å². The normalized spacial score (nSPS) is 10.9. The average molecular weight is 371 g/mol. The summed E-state index contributed by atoms with van der Waals surface area (Å²) in [5, 5.41) is 12.8. The molecule has 0 saturated heterocycles. The molecule has 0 fully saturated rings. The Morgan fingerprint density at radius 3 is 2.54 bits per heavy atom. The molecule has 0 spiro atoms. The van der Waals surface area contributed by atoms with Crippen LogP contribution in [0.25, 0.3) is 0 Å². The lowest BCUT2D eigenvalue weighted by Crippen LogP contribution is -2.35. The minimum Gasteiger partial charge on any atom is -0.286 e. The van der Waals surface area contributed by atoms with Crippen LogP contribution >= 0.6 is 11.6 Å². The van der Waals surface area contributed by atoms with E-state index in [9.17, 15) is 23.3 Å². The topological polar surface area (TPSA) is 131 Å². The Balaban J connectivity index is 2.24. The lowest BCUT2D eigenvalue weighted by atomic mass is 10.2. The first-order chi connectivity index (χ1) is 11.2. The van der Waals surface area contributed by atoms with Crippen LogP contribution in [0.1, 0.15) is 5.56 Å². The minimum absolute atomic E-state index is 0.0892. The summed E-state index contributed by atoms with van der Waals surface area (Å²) in [5.74, 6) is -0.468. The Morgan fingerprint density at radius 2 is 1.92 bits per heavy atom. The van der Waals surface area contributed by atoms with Gasteiger partial charge >= 0.3 is 11.7 Å². The van der Waals surface area contributed by atoms with Crippen LogP contribution in [0, 0.1) is 17.0 Å². The monoisotopic (exact) mass is 370 g/mol. The van der Waals surface area contributed by atoms with Crippen molar-refractivity contribution >= 4 is 39.2 Å². The number of carbonyl (C=O) groups is 1. The van der Waals surface area contributed by atoms with Gasteiger partial charge in [-0.3, -0.25) is 15.4 Å². The van der Waals surface area contributed by atoms with E-state index >= 15 is 0 Å². The molecule has 126 valence electrons. The van der Waals surface area contributed by atoms with E-state index in [0.29, 0.717) is 5.56 Å². The predicted octanol–water partition coefficient (Wildman–Crippen LogP) is 2.46. The van der Waals surface area contributed by atoms with Gasteiger partial charge in [0.05, 0.1) is 9.82 Å². The molecule has 0 aliphatic heterocycles. The van der Waals surface area contributed by atoms with Gasteiger partial charge in [-0.2, -0.15) is 0 Å². The highest BCUT2D eigenvalue weighted by Gasteiger charge is 2.23. The number of halogens is 1. The molecule has 0 aliphatic carbocycles. The van der Waals surface area contributed by atoms with E-state index in [4.69, 9.17) is 11.6 Å². The highest BCUT2D eigenvalue weighted by atomic mass is 35.5. The minimum atomic E-state index is -4.15. The SMILES string of the molecule is Cc1ccccc1S(=O)(=O)NC(=O)Nc1nc(Cl)ccc1[N+](=O)[O-]. The molecule has 1 aromatic carbocycles. The number of nitro groups is 1. The first kappa shape index (κ1) is 17.6. The highest BCUT2D eigenvalue weighted by Crippen LogP contribution is 2.24. The largest absolute Gasteiger partial charge is 0.334 e. The first-order valence-corrected chi connectivity index (χ1v) is 8.27. The summed E-state index contributed by atoms with van der Waals surface area (Å²) < 4.78 is 26.1. The fraction of sp³-hybridized carbons (Fsp3) is 0.0769. The zero-order valence-corrected chi connectivity index (χ0v) is 13.8. The number of aromatic nitrogens is 1. The van der Waals surface area contributed by atoms with Crippen LogP contribution in [0.15, 0.2) is 41.3 Å². The van der Waals surface area contributed by atoms with Crippen molar-refractivity contribution in [1.82, 2.24) is 9.71 Å². The third-order valence-electron chi connectivity index (χ3n) is 2.88. The summed E-state index contributed by atoms with van der Waals surface area (Å²) >= 11 is 5.63. The Hall–Kier alpha value is -2.72. The quantitative estimate of drug-likeness (QED) is 0.482. The number of amides is 2. The van der Waals surface area contributed by atoms with Crippen molar-refractivity contribution in [3.63, 3.8) is 0 Å². The molecule has 2 aromatic rings. The fourth-order valence-electron chi connectivity index (χ4n) is 1.84. The summed E-state index contributed by atoms with van der Waals surface area (Å²) in [5.41, 5.74) is -0.0903. The molecular weight excluding hydrogens is 360 g/mol. The maximum Gasteiger partial charge on any atom is 0.334 e. The van der Waals surface area contributed by atoms with Gasteiger partial charge < -0.3 is 0 Å². The van der Waals surface area contributed by atoms with Gasteiger partial charge in [0.25, 0.3) is 10.0 Å². The van der Waals surface area contributed by atoms with Gasteiger partial charge in [0.2, 0.25) is 5.82 Å². The molecule has 2 rings (SSSR count). The van der Waals surface area contributed by atoms with Crippen LogP contribution in [0.2, 0.25) is 5.15 Å². The molecule has 2 amide bonds. The van der Waals surface area contributed by atoms with Crippen molar-refractivity contribution in [2.45, 2.75) is 11.8 Å². The van der Waals surface area contributed by atoms with Crippen LogP contribution in [-0.4, -0.2) is 24.4 Å². The van der Waals surface area contributed by atoms with E-state index in [2.05, 4.69) is 4.98 Å². The number of nitrogens with one attached hydrogen (secondary N) is 2. The van der Waals surface area contributed by atoms with Crippen LogP contribution in [0.3, 0.4) is 0 Å². The van der Waals surface area contributed by atoms with E-state index in [-0.39, 0.29) is 10.0 Å². The van der Waals surface area contributed by atoms with Crippen molar-refractivity contribution in [2.24, 2.45) is 0 Å². The predicted molar refractivity (Wildman–Crippen MR) is 86.4 cm³/mol. The second kappa shape index (κ2) is 6.81. The summed E-state index contributed by atoms with van der Waals surface area (Å²) in [7, 11) is -4.15. The number of anilines is 1.